The molecular formula is C15H20N4O2. The third-order valence-electron chi connectivity index (χ3n) is 3.19. The topological polar surface area (TPSA) is 85.5 Å². The third-order valence-corrected chi connectivity index (χ3v) is 3.19. The Hall–Kier alpha value is -2.50. The van der Waals surface area contributed by atoms with Gasteiger partial charge in [-0.15, -0.1) is 0 Å². The van der Waals surface area contributed by atoms with Gasteiger partial charge in [-0.3, -0.25) is 5.10 Å². The van der Waals surface area contributed by atoms with E-state index in [0.29, 0.717) is 17.4 Å². The molecule has 0 aliphatic heterocycles. The van der Waals surface area contributed by atoms with E-state index >= 15 is 0 Å². The molecule has 0 unspecified atom stereocenters. The van der Waals surface area contributed by atoms with Gasteiger partial charge in [-0.1, -0.05) is 0 Å². The highest BCUT2D eigenvalue weighted by atomic mass is 16.5. The van der Waals surface area contributed by atoms with E-state index in [2.05, 4.69) is 15.2 Å². The fourth-order valence-corrected chi connectivity index (χ4v) is 2.29. The van der Waals surface area contributed by atoms with Crippen LogP contribution in [-0.2, 0) is 0 Å². The molecule has 0 amide bonds. The molecule has 6 heteroatoms. The molecule has 1 aromatic carbocycles. The van der Waals surface area contributed by atoms with Crippen molar-refractivity contribution < 1.29 is 9.47 Å². The molecule has 21 heavy (non-hydrogen) atoms. The standard InChI is InChI=1S/C15H20N4O2/c1-8-6-11(20-4)7-12(21-5)13(8)14-9(2)18-19-15(14)17-10(3)16/h6-7H,1-5H3,(H3,16,17,18,19). The monoisotopic (exact) mass is 288 g/mol. The summed E-state index contributed by atoms with van der Waals surface area (Å²) in [7, 11) is 3.26. The van der Waals surface area contributed by atoms with Gasteiger partial charge in [0.25, 0.3) is 0 Å². The molecule has 0 fully saturated rings. The quantitative estimate of drug-likeness (QED) is 0.669. The highest BCUT2D eigenvalue weighted by molar-refractivity contribution is 5.87. The van der Waals surface area contributed by atoms with Crippen molar-refractivity contribution in [1.82, 2.24) is 10.2 Å². The molecule has 0 radical (unpaired) electrons. The summed E-state index contributed by atoms with van der Waals surface area (Å²) in [6.07, 6.45) is 0. The van der Waals surface area contributed by atoms with E-state index < -0.39 is 0 Å². The van der Waals surface area contributed by atoms with E-state index in [1.165, 1.54) is 0 Å². The van der Waals surface area contributed by atoms with Gasteiger partial charge in [0.15, 0.2) is 5.82 Å². The van der Waals surface area contributed by atoms with Crippen molar-refractivity contribution in [2.75, 3.05) is 14.2 Å². The van der Waals surface area contributed by atoms with Crippen LogP contribution in [0.4, 0.5) is 5.82 Å². The number of nitrogens with two attached hydrogens (primary N) is 1. The molecule has 0 bridgehead atoms. The molecule has 0 aliphatic carbocycles. The number of hydrogen-bond donors (Lipinski definition) is 2. The number of H-pyrrole nitrogens is 1. The second-order valence-corrected chi connectivity index (χ2v) is 4.82. The molecule has 0 saturated heterocycles. The predicted octanol–water partition coefficient (Wildman–Crippen LogP) is 2.72. The number of amidine groups is 1. The first-order valence-electron chi connectivity index (χ1n) is 6.56. The fourth-order valence-electron chi connectivity index (χ4n) is 2.29. The van der Waals surface area contributed by atoms with Gasteiger partial charge in [0.05, 0.1) is 25.6 Å². The number of rotatable bonds is 4. The number of nitrogens with one attached hydrogen (secondary N) is 1. The van der Waals surface area contributed by atoms with E-state index in [1.807, 2.05) is 26.0 Å². The van der Waals surface area contributed by atoms with Crippen LogP contribution in [-0.4, -0.2) is 30.3 Å². The van der Waals surface area contributed by atoms with Gasteiger partial charge in [-0.05, 0) is 32.4 Å². The van der Waals surface area contributed by atoms with Gasteiger partial charge in [0, 0.05) is 17.3 Å². The number of aromatic amines is 1. The third kappa shape index (κ3) is 2.84. The van der Waals surface area contributed by atoms with Crippen LogP contribution in [0.3, 0.4) is 0 Å². The average molecular weight is 288 g/mol. The van der Waals surface area contributed by atoms with Gasteiger partial charge in [0.2, 0.25) is 0 Å². The summed E-state index contributed by atoms with van der Waals surface area (Å²) in [5, 5.41) is 7.16. The minimum Gasteiger partial charge on any atom is -0.497 e. The van der Waals surface area contributed by atoms with Crippen molar-refractivity contribution >= 4 is 11.7 Å². The SMILES string of the molecule is COc1cc(C)c(-c2c(N=C(C)N)n[nH]c2C)c(OC)c1. The van der Waals surface area contributed by atoms with Crippen LogP contribution in [0.5, 0.6) is 11.5 Å². The van der Waals surface area contributed by atoms with E-state index in [4.69, 9.17) is 15.2 Å². The first-order chi connectivity index (χ1) is 9.97. The van der Waals surface area contributed by atoms with Crippen molar-refractivity contribution in [3.63, 3.8) is 0 Å². The maximum Gasteiger partial charge on any atom is 0.183 e. The number of hydrogen-bond acceptors (Lipinski definition) is 4. The van der Waals surface area contributed by atoms with Crippen molar-refractivity contribution in [3.8, 4) is 22.6 Å². The molecule has 3 N–H and O–H groups in total. The number of aliphatic imine (C=N–C) groups is 1. The highest BCUT2D eigenvalue weighted by Gasteiger charge is 2.19. The molecule has 2 aromatic rings. The Balaban J connectivity index is 2.73. The Bertz CT molecular complexity index is 685. The van der Waals surface area contributed by atoms with Crippen LogP contribution in [0.15, 0.2) is 17.1 Å². The lowest BCUT2D eigenvalue weighted by molar-refractivity contribution is 0.395. The van der Waals surface area contributed by atoms with E-state index in [1.54, 1.807) is 21.1 Å². The predicted molar refractivity (Wildman–Crippen MR) is 83.6 cm³/mol. The maximum atomic E-state index is 5.68. The van der Waals surface area contributed by atoms with Crippen molar-refractivity contribution in [2.45, 2.75) is 20.8 Å². The molecule has 1 aromatic heterocycles. The largest absolute Gasteiger partial charge is 0.497 e. The zero-order valence-electron chi connectivity index (χ0n) is 12.9. The first-order valence-corrected chi connectivity index (χ1v) is 6.56. The second-order valence-electron chi connectivity index (χ2n) is 4.82. The van der Waals surface area contributed by atoms with Crippen molar-refractivity contribution in [2.24, 2.45) is 10.7 Å². The van der Waals surface area contributed by atoms with Gasteiger partial charge in [-0.25, -0.2) is 4.99 Å². The Morgan fingerprint density at radius 3 is 2.48 bits per heavy atom. The minimum atomic E-state index is 0.452. The van der Waals surface area contributed by atoms with Gasteiger partial charge < -0.3 is 15.2 Å². The van der Waals surface area contributed by atoms with E-state index in [9.17, 15) is 0 Å². The lowest BCUT2D eigenvalue weighted by Crippen LogP contribution is -2.04. The maximum absolute atomic E-state index is 5.68. The van der Waals surface area contributed by atoms with Crippen LogP contribution in [0.1, 0.15) is 18.2 Å². The Morgan fingerprint density at radius 2 is 1.90 bits per heavy atom. The molecule has 0 aliphatic rings. The van der Waals surface area contributed by atoms with Crippen LogP contribution >= 0.6 is 0 Å². The van der Waals surface area contributed by atoms with Crippen LogP contribution in [0, 0.1) is 13.8 Å². The van der Waals surface area contributed by atoms with E-state index in [0.717, 1.165) is 28.1 Å². The number of benzene rings is 1. The zero-order valence-corrected chi connectivity index (χ0v) is 12.9. The fraction of sp³-hybridized carbons (Fsp3) is 0.333. The number of aromatic nitrogens is 2. The number of nitrogens with zero attached hydrogens (tertiary/aromatic N) is 2. The molecule has 1 heterocycles. The first kappa shape index (κ1) is 14.9. The molecule has 0 saturated carbocycles. The summed E-state index contributed by atoms with van der Waals surface area (Å²) in [6.45, 7) is 5.66. The average Bonchev–Trinajstić information content (AvgIpc) is 2.78. The van der Waals surface area contributed by atoms with Gasteiger partial charge in [0.1, 0.15) is 11.5 Å². The van der Waals surface area contributed by atoms with Gasteiger partial charge in [-0.2, -0.15) is 5.10 Å². The van der Waals surface area contributed by atoms with Crippen LogP contribution < -0.4 is 15.2 Å². The molecular weight excluding hydrogens is 268 g/mol. The lowest BCUT2D eigenvalue weighted by atomic mass is 9.98. The summed E-state index contributed by atoms with van der Waals surface area (Å²) >= 11 is 0. The number of aryl methyl sites for hydroxylation is 2. The molecule has 112 valence electrons. The summed E-state index contributed by atoms with van der Waals surface area (Å²) in [4.78, 5) is 4.28. The number of ether oxygens (including phenoxy) is 2. The summed E-state index contributed by atoms with van der Waals surface area (Å²) in [5.41, 5.74) is 9.42. The zero-order chi connectivity index (χ0) is 15.6. The lowest BCUT2D eigenvalue weighted by Gasteiger charge is -2.14. The Morgan fingerprint density at radius 1 is 1.19 bits per heavy atom. The van der Waals surface area contributed by atoms with Crippen molar-refractivity contribution in [3.05, 3.63) is 23.4 Å². The van der Waals surface area contributed by atoms with Crippen LogP contribution in [0.2, 0.25) is 0 Å². The Kier molecular flexibility index (Phi) is 4.16. The smallest absolute Gasteiger partial charge is 0.183 e. The van der Waals surface area contributed by atoms with Crippen LogP contribution in [0.25, 0.3) is 11.1 Å². The molecule has 6 nitrogen and oxygen atoms in total. The normalized spacial score (nSPS) is 11.6. The summed E-state index contributed by atoms with van der Waals surface area (Å²) in [6, 6.07) is 3.80. The molecule has 0 atom stereocenters. The second kappa shape index (κ2) is 5.87. The summed E-state index contributed by atoms with van der Waals surface area (Å²) < 4.78 is 10.8. The minimum absolute atomic E-state index is 0.452. The molecule has 2 rings (SSSR count). The highest BCUT2D eigenvalue weighted by Crippen LogP contribution is 2.41. The molecule has 0 spiro atoms. The number of methoxy groups -OCH3 is 2. The Labute approximate surface area is 124 Å². The summed E-state index contributed by atoms with van der Waals surface area (Å²) in [5.74, 6) is 2.46. The van der Waals surface area contributed by atoms with Gasteiger partial charge >= 0.3 is 0 Å². The van der Waals surface area contributed by atoms with Crippen molar-refractivity contribution in [1.29, 1.82) is 0 Å². The van der Waals surface area contributed by atoms with E-state index in [-0.39, 0.29) is 0 Å².